The second-order valence-electron chi connectivity index (χ2n) is 9.21. The monoisotopic (exact) mass is 523 g/mol. The van der Waals surface area contributed by atoms with Gasteiger partial charge in [0.15, 0.2) is 0 Å². The van der Waals surface area contributed by atoms with Gasteiger partial charge in [0.1, 0.15) is 0 Å². The van der Waals surface area contributed by atoms with Crippen molar-refractivity contribution in [3.63, 3.8) is 0 Å². The van der Waals surface area contributed by atoms with Gasteiger partial charge in [0.05, 0.1) is 22.9 Å². The third-order valence-electron chi connectivity index (χ3n) is 5.47. The minimum Gasteiger partial charge on any atom is -0.325 e. The molecule has 0 aliphatic heterocycles. The van der Waals surface area contributed by atoms with E-state index in [0.717, 1.165) is 30.5 Å². The van der Waals surface area contributed by atoms with Crippen LogP contribution >= 0.6 is 0 Å². The highest BCUT2D eigenvalue weighted by Gasteiger charge is 2.37. The number of aromatic nitrogens is 1. The Bertz CT molecular complexity index is 1280. The van der Waals surface area contributed by atoms with E-state index in [-0.39, 0.29) is 11.1 Å². The molecular formula is C26H23F6N3O2. The van der Waals surface area contributed by atoms with E-state index >= 15 is 0 Å². The molecule has 0 spiro atoms. The van der Waals surface area contributed by atoms with Crippen molar-refractivity contribution in [2.45, 2.75) is 44.6 Å². The van der Waals surface area contributed by atoms with E-state index in [9.17, 15) is 35.9 Å². The summed E-state index contributed by atoms with van der Waals surface area (Å²) in [6.45, 7) is 5.58. The van der Waals surface area contributed by atoms with Crippen LogP contribution in [0.25, 0.3) is 0 Å². The van der Waals surface area contributed by atoms with E-state index in [0.29, 0.717) is 17.7 Å². The van der Waals surface area contributed by atoms with Crippen molar-refractivity contribution in [2.75, 3.05) is 0 Å². The standard InChI is InChI=1S/C26H23F6N3O2/c1-24(2,3)18-8-5-4-7-17(18)22(36)35-23(37)34-20(15-10-12-16(13-11-15)25(27,28)29)21-19(26(30,31)32)9-6-14-33-21/h4-14,20H,1-3H3,(H2,34,35,36,37)/t20-/m0/s1. The normalized spacial score (nSPS) is 13.1. The Kier molecular flexibility index (Phi) is 7.66. The van der Waals surface area contributed by atoms with Crippen molar-refractivity contribution in [1.82, 2.24) is 15.6 Å². The first-order valence-electron chi connectivity index (χ1n) is 11.0. The molecule has 37 heavy (non-hydrogen) atoms. The third-order valence-corrected chi connectivity index (χ3v) is 5.47. The SMILES string of the molecule is CC(C)(C)c1ccccc1C(=O)NC(=O)N[C@@H](c1ccc(C(F)(F)F)cc1)c1ncccc1C(F)(F)F. The molecule has 0 unspecified atom stereocenters. The average molecular weight is 523 g/mol. The highest BCUT2D eigenvalue weighted by atomic mass is 19.4. The molecule has 0 saturated carbocycles. The van der Waals surface area contributed by atoms with E-state index in [1.165, 1.54) is 6.07 Å². The lowest BCUT2D eigenvalue weighted by Gasteiger charge is -2.24. The number of hydrogen-bond donors (Lipinski definition) is 2. The molecule has 0 fully saturated rings. The largest absolute Gasteiger partial charge is 0.418 e. The molecule has 11 heteroatoms. The second kappa shape index (κ2) is 10.2. The summed E-state index contributed by atoms with van der Waals surface area (Å²) in [5, 5.41) is 4.36. The first-order chi connectivity index (χ1) is 17.1. The van der Waals surface area contributed by atoms with E-state index in [1.807, 2.05) is 20.8 Å². The quantitative estimate of drug-likeness (QED) is 0.377. The van der Waals surface area contributed by atoms with Crippen LogP contribution in [0.4, 0.5) is 31.1 Å². The van der Waals surface area contributed by atoms with Crippen molar-refractivity contribution >= 4 is 11.9 Å². The van der Waals surface area contributed by atoms with Crippen LogP contribution in [0, 0.1) is 0 Å². The van der Waals surface area contributed by atoms with Crippen LogP contribution < -0.4 is 10.6 Å². The summed E-state index contributed by atoms with van der Waals surface area (Å²) in [4.78, 5) is 29.4. The van der Waals surface area contributed by atoms with Crippen LogP contribution in [0.1, 0.15) is 65.1 Å². The van der Waals surface area contributed by atoms with Crippen molar-refractivity contribution < 1.29 is 35.9 Å². The zero-order chi connectivity index (χ0) is 27.6. The van der Waals surface area contributed by atoms with Gasteiger partial charge in [-0.15, -0.1) is 0 Å². The molecule has 5 nitrogen and oxygen atoms in total. The Balaban J connectivity index is 1.98. The zero-order valence-electron chi connectivity index (χ0n) is 20.0. The fourth-order valence-electron chi connectivity index (χ4n) is 3.73. The highest BCUT2D eigenvalue weighted by Crippen LogP contribution is 2.36. The number of pyridine rings is 1. The lowest BCUT2D eigenvalue weighted by Crippen LogP contribution is -2.42. The predicted octanol–water partition coefficient (Wildman–Crippen LogP) is 6.65. The van der Waals surface area contributed by atoms with E-state index in [2.05, 4.69) is 15.6 Å². The Morgan fingerprint density at radius 2 is 1.38 bits per heavy atom. The Morgan fingerprint density at radius 3 is 1.95 bits per heavy atom. The Labute approximate surface area is 208 Å². The van der Waals surface area contributed by atoms with Gasteiger partial charge in [-0.3, -0.25) is 15.1 Å². The summed E-state index contributed by atoms with van der Waals surface area (Å²) in [5.74, 6) is -0.800. The van der Waals surface area contributed by atoms with Gasteiger partial charge in [-0.05, 0) is 46.9 Å². The molecule has 2 aromatic carbocycles. The number of nitrogens with zero attached hydrogens (tertiary/aromatic N) is 1. The molecule has 196 valence electrons. The molecule has 2 N–H and O–H groups in total. The van der Waals surface area contributed by atoms with Gasteiger partial charge in [-0.25, -0.2) is 4.79 Å². The van der Waals surface area contributed by atoms with Crippen LogP contribution in [0.3, 0.4) is 0 Å². The molecule has 3 amide bonds. The zero-order valence-corrected chi connectivity index (χ0v) is 20.0. The van der Waals surface area contributed by atoms with Gasteiger partial charge in [0, 0.05) is 11.8 Å². The van der Waals surface area contributed by atoms with Gasteiger partial charge in [-0.1, -0.05) is 51.1 Å². The Morgan fingerprint density at radius 1 is 0.784 bits per heavy atom. The van der Waals surface area contributed by atoms with Crippen molar-refractivity contribution in [3.8, 4) is 0 Å². The highest BCUT2D eigenvalue weighted by molar-refractivity contribution is 6.05. The number of amides is 3. The van der Waals surface area contributed by atoms with Gasteiger partial charge >= 0.3 is 18.4 Å². The van der Waals surface area contributed by atoms with E-state index < -0.39 is 52.6 Å². The molecular weight excluding hydrogens is 500 g/mol. The van der Waals surface area contributed by atoms with Gasteiger partial charge < -0.3 is 5.32 Å². The smallest absolute Gasteiger partial charge is 0.325 e. The minimum absolute atomic E-state index is 0.102. The molecule has 1 atom stereocenters. The van der Waals surface area contributed by atoms with Crippen LogP contribution in [-0.2, 0) is 17.8 Å². The Hall–Kier alpha value is -3.89. The maximum Gasteiger partial charge on any atom is 0.418 e. The summed E-state index contributed by atoms with van der Waals surface area (Å²) in [6, 6.07) is 8.78. The summed E-state index contributed by atoms with van der Waals surface area (Å²) < 4.78 is 80.1. The molecule has 3 aromatic rings. The molecule has 3 rings (SSSR count). The van der Waals surface area contributed by atoms with Gasteiger partial charge in [0.25, 0.3) is 5.91 Å². The first-order valence-corrected chi connectivity index (χ1v) is 11.0. The maximum atomic E-state index is 13.7. The first kappa shape index (κ1) is 27.7. The average Bonchev–Trinajstić information content (AvgIpc) is 2.81. The van der Waals surface area contributed by atoms with Crippen LogP contribution in [-0.4, -0.2) is 16.9 Å². The second-order valence-corrected chi connectivity index (χ2v) is 9.21. The number of urea groups is 1. The fraction of sp³-hybridized carbons (Fsp3) is 0.269. The summed E-state index contributed by atoms with van der Waals surface area (Å²) >= 11 is 0. The number of benzene rings is 2. The fourth-order valence-corrected chi connectivity index (χ4v) is 3.73. The minimum atomic E-state index is -4.87. The predicted molar refractivity (Wildman–Crippen MR) is 124 cm³/mol. The number of hydrogen-bond acceptors (Lipinski definition) is 3. The van der Waals surface area contributed by atoms with Crippen LogP contribution in [0.15, 0.2) is 66.9 Å². The maximum absolute atomic E-state index is 13.7. The molecule has 0 aliphatic rings. The number of halogens is 6. The molecule has 0 saturated heterocycles. The van der Waals surface area contributed by atoms with Crippen LogP contribution in [0.2, 0.25) is 0 Å². The molecule has 0 radical (unpaired) electrons. The topological polar surface area (TPSA) is 71.1 Å². The summed E-state index contributed by atoms with van der Waals surface area (Å²) in [5.41, 5.74) is -2.60. The van der Waals surface area contributed by atoms with Gasteiger partial charge in [-0.2, -0.15) is 26.3 Å². The van der Waals surface area contributed by atoms with Crippen molar-refractivity contribution in [1.29, 1.82) is 0 Å². The number of rotatable bonds is 4. The lowest BCUT2D eigenvalue weighted by atomic mass is 9.83. The van der Waals surface area contributed by atoms with Gasteiger partial charge in [0.2, 0.25) is 0 Å². The van der Waals surface area contributed by atoms with Crippen molar-refractivity contribution in [3.05, 3.63) is 100 Å². The van der Waals surface area contributed by atoms with Crippen LogP contribution in [0.5, 0.6) is 0 Å². The molecule has 0 aliphatic carbocycles. The molecule has 1 aromatic heterocycles. The molecule has 1 heterocycles. The number of carbonyl (C=O) groups excluding carboxylic acids is 2. The number of alkyl halides is 6. The summed E-state index contributed by atoms with van der Waals surface area (Å²) in [6.07, 6.45) is -8.48. The number of carbonyl (C=O) groups is 2. The summed E-state index contributed by atoms with van der Waals surface area (Å²) in [7, 11) is 0. The van der Waals surface area contributed by atoms with E-state index in [1.54, 1.807) is 18.2 Å². The number of imide groups is 1. The van der Waals surface area contributed by atoms with Crippen molar-refractivity contribution in [2.24, 2.45) is 0 Å². The van der Waals surface area contributed by atoms with E-state index in [4.69, 9.17) is 0 Å². The molecule has 0 bridgehead atoms. The number of nitrogens with one attached hydrogen (secondary N) is 2. The lowest BCUT2D eigenvalue weighted by molar-refractivity contribution is -0.139. The third kappa shape index (κ3) is 6.66.